The fourth-order valence-corrected chi connectivity index (χ4v) is 2.43. The summed E-state index contributed by atoms with van der Waals surface area (Å²) in [5.41, 5.74) is 5.78. The summed E-state index contributed by atoms with van der Waals surface area (Å²) in [4.78, 5) is 23.0. The van der Waals surface area contributed by atoms with Gasteiger partial charge < -0.3 is 21.1 Å². The molecular formula is C15H21N3O3. The number of fused-ring (bicyclic) bond motifs is 1. The van der Waals surface area contributed by atoms with Crippen molar-refractivity contribution < 1.29 is 14.3 Å². The van der Waals surface area contributed by atoms with Crippen molar-refractivity contribution in [2.75, 3.05) is 13.1 Å². The molecule has 6 heteroatoms. The first-order valence-electron chi connectivity index (χ1n) is 6.95. The Morgan fingerprint density at radius 2 is 2.05 bits per heavy atom. The van der Waals surface area contributed by atoms with Crippen molar-refractivity contribution in [2.24, 2.45) is 5.73 Å². The standard InChI is InChI=1S/C15H21N3O3/c1-15(2)7-11(10-5-3-4-6-12(10)21-15)18-14(20)9-17-13(19)8-16/h3-6,11H,7-9,16H2,1-2H3,(H,17,19)(H,18,20). The van der Waals surface area contributed by atoms with E-state index in [1.165, 1.54) is 0 Å². The summed E-state index contributed by atoms with van der Waals surface area (Å²) in [6.07, 6.45) is 0.667. The molecule has 2 amide bonds. The van der Waals surface area contributed by atoms with Crippen molar-refractivity contribution in [3.63, 3.8) is 0 Å². The third-order valence-electron chi connectivity index (χ3n) is 3.34. The number of ether oxygens (including phenoxy) is 1. The summed E-state index contributed by atoms with van der Waals surface area (Å²) in [6.45, 7) is 3.77. The maximum atomic E-state index is 11.9. The number of benzene rings is 1. The average Bonchev–Trinajstić information content (AvgIpc) is 2.43. The van der Waals surface area contributed by atoms with Gasteiger partial charge in [-0.3, -0.25) is 9.59 Å². The van der Waals surface area contributed by atoms with Crippen molar-refractivity contribution in [3.8, 4) is 5.75 Å². The summed E-state index contributed by atoms with van der Waals surface area (Å²) >= 11 is 0. The summed E-state index contributed by atoms with van der Waals surface area (Å²) < 4.78 is 5.91. The molecule has 2 rings (SSSR count). The second kappa shape index (κ2) is 6.13. The Morgan fingerprint density at radius 1 is 1.33 bits per heavy atom. The molecule has 1 aromatic carbocycles. The van der Waals surface area contributed by atoms with Crippen LogP contribution in [0.25, 0.3) is 0 Å². The second-order valence-corrected chi connectivity index (χ2v) is 5.70. The van der Waals surface area contributed by atoms with Gasteiger partial charge in [-0.15, -0.1) is 0 Å². The summed E-state index contributed by atoms with van der Waals surface area (Å²) in [6, 6.07) is 7.52. The Bertz CT molecular complexity index is 543. The molecule has 1 atom stereocenters. The van der Waals surface area contributed by atoms with Gasteiger partial charge in [0.1, 0.15) is 11.4 Å². The molecule has 0 aromatic heterocycles. The predicted molar refractivity (Wildman–Crippen MR) is 78.7 cm³/mol. The fraction of sp³-hybridized carbons (Fsp3) is 0.467. The highest BCUT2D eigenvalue weighted by molar-refractivity contribution is 5.85. The molecule has 0 spiro atoms. The number of nitrogens with two attached hydrogens (primary N) is 1. The van der Waals surface area contributed by atoms with Gasteiger partial charge in [0, 0.05) is 12.0 Å². The number of amides is 2. The van der Waals surface area contributed by atoms with Gasteiger partial charge in [-0.25, -0.2) is 0 Å². The lowest BCUT2D eigenvalue weighted by Gasteiger charge is -2.37. The van der Waals surface area contributed by atoms with Crippen LogP contribution < -0.4 is 21.1 Å². The molecule has 4 N–H and O–H groups in total. The van der Waals surface area contributed by atoms with Crippen LogP contribution in [0.4, 0.5) is 0 Å². The first-order chi connectivity index (χ1) is 9.91. The van der Waals surface area contributed by atoms with Crippen LogP contribution in [0.1, 0.15) is 31.9 Å². The molecule has 0 radical (unpaired) electrons. The van der Waals surface area contributed by atoms with E-state index in [4.69, 9.17) is 10.5 Å². The van der Waals surface area contributed by atoms with E-state index in [-0.39, 0.29) is 36.5 Å². The maximum Gasteiger partial charge on any atom is 0.239 e. The summed E-state index contributed by atoms with van der Waals surface area (Å²) in [7, 11) is 0. The summed E-state index contributed by atoms with van der Waals surface area (Å²) in [5, 5.41) is 5.39. The largest absolute Gasteiger partial charge is 0.487 e. The van der Waals surface area contributed by atoms with Gasteiger partial charge in [0.25, 0.3) is 0 Å². The van der Waals surface area contributed by atoms with Crippen molar-refractivity contribution in [1.82, 2.24) is 10.6 Å². The van der Waals surface area contributed by atoms with Gasteiger partial charge in [-0.05, 0) is 19.9 Å². The number of rotatable bonds is 4. The highest BCUT2D eigenvalue weighted by Gasteiger charge is 2.34. The third-order valence-corrected chi connectivity index (χ3v) is 3.34. The minimum absolute atomic E-state index is 0.0734. The lowest BCUT2D eigenvalue weighted by molar-refractivity contribution is -0.126. The second-order valence-electron chi connectivity index (χ2n) is 5.70. The minimum atomic E-state index is -0.354. The van der Waals surface area contributed by atoms with Gasteiger partial charge in [0.15, 0.2) is 0 Å². The first-order valence-corrected chi connectivity index (χ1v) is 6.95. The van der Waals surface area contributed by atoms with Crippen LogP contribution in [-0.2, 0) is 9.59 Å². The van der Waals surface area contributed by atoms with E-state index in [0.29, 0.717) is 6.42 Å². The monoisotopic (exact) mass is 291 g/mol. The molecule has 0 bridgehead atoms. The van der Waals surface area contributed by atoms with E-state index in [0.717, 1.165) is 11.3 Å². The zero-order chi connectivity index (χ0) is 15.5. The van der Waals surface area contributed by atoms with E-state index >= 15 is 0 Å². The molecule has 1 aliphatic heterocycles. The van der Waals surface area contributed by atoms with E-state index in [1.54, 1.807) is 0 Å². The van der Waals surface area contributed by atoms with E-state index < -0.39 is 0 Å². The molecule has 6 nitrogen and oxygen atoms in total. The molecule has 1 unspecified atom stereocenters. The quantitative estimate of drug-likeness (QED) is 0.752. The molecule has 0 fully saturated rings. The van der Waals surface area contributed by atoms with Gasteiger partial charge in [0.05, 0.1) is 19.1 Å². The van der Waals surface area contributed by atoms with Crippen LogP contribution >= 0.6 is 0 Å². The molecular weight excluding hydrogens is 270 g/mol. The highest BCUT2D eigenvalue weighted by Crippen LogP contribution is 2.39. The van der Waals surface area contributed by atoms with Crippen molar-refractivity contribution in [3.05, 3.63) is 29.8 Å². The molecule has 1 aromatic rings. The molecule has 0 saturated heterocycles. The zero-order valence-electron chi connectivity index (χ0n) is 12.3. The third kappa shape index (κ3) is 3.95. The smallest absolute Gasteiger partial charge is 0.239 e. The summed E-state index contributed by atoms with van der Waals surface area (Å²) in [5.74, 6) is 0.192. The van der Waals surface area contributed by atoms with Gasteiger partial charge >= 0.3 is 0 Å². The van der Waals surface area contributed by atoms with Crippen molar-refractivity contribution >= 4 is 11.8 Å². The minimum Gasteiger partial charge on any atom is -0.487 e. The Kier molecular flexibility index (Phi) is 4.47. The molecule has 0 aliphatic carbocycles. The van der Waals surface area contributed by atoms with Gasteiger partial charge in [-0.1, -0.05) is 18.2 Å². The molecule has 114 valence electrons. The SMILES string of the molecule is CC1(C)CC(NC(=O)CNC(=O)CN)c2ccccc2O1. The van der Waals surface area contributed by atoms with Crippen LogP contribution in [0.2, 0.25) is 0 Å². The highest BCUT2D eigenvalue weighted by atomic mass is 16.5. The van der Waals surface area contributed by atoms with Crippen LogP contribution in [0.15, 0.2) is 24.3 Å². The molecule has 1 heterocycles. The van der Waals surface area contributed by atoms with E-state index in [2.05, 4.69) is 10.6 Å². The van der Waals surface area contributed by atoms with Crippen LogP contribution in [0.5, 0.6) is 5.75 Å². The number of nitrogens with one attached hydrogen (secondary N) is 2. The molecule has 1 aliphatic rings. The van der Waals surface area contributed by atoms with Gasteiger partial charge in [0.2, 0.25) is 11.8 Å². The number of hydrogen-bond donors (Lipinski definition) is 3. The Labute approximate surface area is 124 Å². The fourth-order valence-electron chi connectivity index (χ4n) is 2.43. The average molecular weight is 291 g/mol. The van der Waals surface area contributed by atoms with E-state index in [1.807, 2.05) is 38.1 Å². The maximum absolute atomic E-state index is 11.9. The Morgan fingerprint density at radius 3 is 2.76 bits per heavy atom. The number of carbonyl (C=O) groups excluding carboxylic acids is 2. The zero-order valence-corrected chi connectivity index (χ0v) is 12.3. The predicted octanol–water partition coefficient (Wildman–Crippen LogP) is 0.480. The Balaban J connectivity index is 2.05. The van der Waals surface area contributed by atoms with Crippen LogP contribution in [0.3, 0.4) is 0 Å². The number of hydrogen-bond acceptors (Lipinski definition) is 4. The van der Waals surface area contributed by atoms with Crippen LogP contribution in [-0.4, -0.2) is 30.5 Å². The lowest BCUT2D eigenvalue weighted by atomic mass is 9.89. The first kappa shape index (κ1) is 15.3. The topological polar surface area (TPSA) is 93.5 Å². The molecule has 21 heavy (non-hydrogen) atoms. The lowest BCUT2D eigenvalue weighted by Crippen LogP contribution is -2.45. The number of para-hydroxylation sites is 1. The van der Waals surface area contributed by atoms with Crippen molar-refractivity contribution in [1.29, 1.82) is 0 Å². The normalized spacial score (nSPS) is 19.1. The number of carbonyl (C=O) groups is 2. The Hall–Kier alpha value is -2.08. The van der Waals surface area contributed by atoms with Crippen LogP contribution in [0, 0.1) is 0 Å². The van der Waals surface area contributed by atoms with Gasteiger partial charge in [-0.2, -0.15) is 0 Å². The molecule has 0 saturated carbocycles. The van der Waals surface area contributed by atoms with E-state index in [9.17, 15) is 9.59 Å². The van der Waals surface area contributed by atoms with Crippen molar-refractivity contribution in [2.45, 2.75) is 31.9 Å².